The second kappa shape index (κ2) is 8.76. The molecule has 2 N–H and O–H groups in total. The molecular formula is C18H22N4O2. The maximum atomic E-state index is 12.2. The fraction of sp³-hybridized carbons (Fsp3) is 0.333. The number of nitrogens with zero attached hydrogens (tertiary/aromatic N) is 2. The van der Waals surface area contributed by atoms with Crippen LogP contribution >= 0.6 is 0 Å². The van der Waals surface area contributed by atoms with Crippen LogP contribution in [-0.2, 0) is 6.54 Å². The highest BCUT2D eigenvalue weighted by molar-refractivity contribution is 5.99. The van der Waals surface area contributed by atoms with Gasteiger partial charge in [-0.05, 0) is 36.1 Å². The van der Waals surface area contributed by atoms with Crippen molar-refractivity contribution < 1.29 is 9.59 Å². The molecule has 0 unspecified atom stereocenters. The second-order valence-electron chi connectivity index (χ2n) is 5.94. The van der Waals surface area contributed by atoms with E-state index in [1.54, 1.807) is 18.5 Å². The van der Waals surface area contributed by atoms with E-state index in [0.29, 0.717) is 30.1 Å². The zero-order valence-corrected chi connectivity index (χ0v) is 14.0. The molecule has 126 valence electrons. The summed E-state index contributed by atoms with van der Waals surface area (Å²) in [6.07, 6.45) is 7.17. The van der Waals surface area contributed by atoms with Gasteiger partial charge in [0.05, 0.1) is 11.1 Å². The van der Waals surface area contributed by atoms with E-state index in [-0.39, 0.29) is 11.8 Å². The Labute approximate surface area is 141 Å². The summed E-state index contributed by atoms with van der Waals surface area (Å²) in [6.45, 7) is 5.20. The molecule has 24 heavy (non-hydrogen) atoms. The third-order valence-corrected chi connectivity index (χ3v) is 3.47. The lowest BCUT2D eigenvalue weighted by atomic mass is 10.1. The molecule has 2 rings (SSSR count). The molecule has 0 saturated heterocycles. The van der Waals surface area contributed by atoms with E-state index >= 15 is 0 Å². The van der Waals surface area contributed by atoms with Crippen LogP contribution in [0.4, 0.5) is 0 Å². The van der Waals surface area contributed by atoms with Gasteiger partial charge in [0.2, 0.25) is 0 Å². The van der Waals surface area contributed by atoms with Crippen LogP contribution in [0.3, 0.4) is 0 Å². The summed E-state index contributed by atoms with van der Waals surface area (Å²) < 4.78 is 0. The van der Waals surface area contributed by atoms with Gasteiger partial charge in [-0.15, -0.1) is 0 Å². The molecule has 0 aliphatic rings. The van der Waals surface area contributed by atoms with Crippen LogP contribution in [-0.4, -0.2) is 28.3 Å². The van der Waals surface area contributed by atoms with Crippen LogP contribution in [0.5, 0.6) is 0 Å². The first kappa shape index (κ1) is 17.6. The fourth-order valence-electron chi connectivity index (χ4n) is 2.05. The Morgan fingerprint density at radius 2 is 1.62 bits per heavy atom. The van der Waals surface area contributed by atoms with Crippen molar-refractivity contribution in [2.45, 2.75) is 26.8 Å². The van der Waals surface area contributed by atoms with E-state index in [9.17, 15) is 9.59 Å². The number of rotatable bonds is 7. The summed E-state index contributed by atoms with van der Waals surface area (Å²) in [7, 11) is 0. The molecule has 2 heterocycles. The van der Waals surface area contributed by atoms with Gasteiger partial charge in [0.15, 0.2) is 0 Å². The third kappa shape index (κ3) is 5.46. The number of nitrogens with one attached hydrogen (secondary N) is 2. The van der Waals surface area contributed by atoms with E-state index in [1.807, 2.05) is 12.1 Å². The SMILES string of the molecule is CC(C)CCNC(=O)c1cncc(C(=O)NCc2ccncc2)c1. The highest BCUT2D eigenvalue weighted by Crippen LogP contribution is 2.05. The van der Waals surface area contributed by atoms with Crippen molar-refractivity contribution in [1.29, 1.82) is 0 Å². The van der Waals surface area contributed by atoms with Crippen molar-refractivity contribution in [3.8, 4) is 0 Å². The van der Waals surface area contributed by atoms with Crippen LogP contribution < -0.4 is 10.6 Å². The number of hydrogen-bond acceptors (Lipinski definition) is 4. The van der Waals surface area contributed by atoms with Gasteiger partial charge in [-0.3, -0.25) is 19.6 Å². The molecule has 0 aliphatic carbocycles. The molecular weight excluding hydrogens is 304 g/mol. The lowest BCUT2D eigenvalue weighted by Crippen LogP contribution is -2.27. The fourth-order valence-corrected chi connectivity index (χ4v) is 2.05. The average Bonchev–Trinajstić information content (AvgIpc) is 2.60. The van der Waals surface area contributed by atoms with Gasteiger partial charge < -0.3 is 10.6 Å². The van der Waals surface area contributed by atoms with Gasteiger partial charge >= 0.3 is 0 Å². The van der Waals surface area contributed by atoms with Crippen molar-refractivity contribution >= 4 is 11.8 Å². The maximum Gasteiger partial charge on any atom is 0.253 e. The molecule has 0 fully saturated rings. The number of carbonyl (C=O) groups excluding carboxylic acids is 2. The first-order valence-electron chi connectivity index (χ1n) is 7.96. The van der Waals surface area contributed by atoms with Crippen molar-refractivity contribution in [3.05, 3.63) is 59.7 Å². The van der Waals surface area contributed by atoms with Crippen LogP contribution in [0.1, 0.15) is 46.5 Å². The first-order valence-corrected chi connectivity index (χ1v) is 7.96. The van der Waals surface area contributed by atoms with Crippen molar-refractivity contribution in [2.24, 2.45) is 5.92 Å². The highest BCUT2D eigenvalue weighted by atomic mass is 16.2. The topological polar surface area (TPSA) is 84.0 Å². The molecule has 2 aromatic heterocycles. The Morgan fingerprint density at radius 3 is 2.25 bits per heavy atom. The molecule has 0 saturated carbocycles. The monoisotopic (exact) mass is 326 g/mol. The predicted molar refractivity (Wildman–Crippen MR) is 91.4 cm³/mol. The average molecular weight is 326 g/mol. The molecule has 0 radical (unpaired) electrons. The summed E-state index contributed by atoms with van der Waals surface area (Å²) in [6, 6.07) is 5.22. The van der Waals surface area contributed by atoms with Gasteiger partial charge in [-0.2, -0.15) is 0 Å². The summed E-state index contributed by atoms with van der Waals surface area (Å²) in [5.74, 6) is 0.0387. The molecule has 6 nitrogen and oxygen atoms in total. The minimum atomic E-state index is -0.267. The zero-order chi connectivity index (χ0) is 17.4. The van der Waals surface area contributed by atoms with Crippen LogP contribution in [0, 0.1) is 5.92 Å². The normalized spacial score (nSPS) is 10.5. The van der Waals surface area contributed by atoms with Crippen molar-refractivity contribution in [2.75, 3.05) is 6.54 Å². The lowest BCUT2D eigenvalue weighted by molar-refractivity contribution is 0.0950. The van der Waals surface area contributed by atoms with Crippen molar-refractivity contribution in [3.63, 3.8) is 0 Å². The largest absolute Gasteiger partial charge is 0.352 e. The van der Waals surface area contributed by atoms with E-state index in [4.69, 9.17) is 0 Å². The summed E-state index contributed by atoms with van der Waals surface area (Å²) in [5, 5.41) is 5.64. The molecule has 0 spiro atoms. The molecule has 0 aromatic carbocycles. The summed E-state index contributed by atoms with van der Waals surface area (Å²) in [5.41, 5.74) is 1.70. The predicted octanol–water partition coefficient (Wildman–Crippen LogP) is 2.18. The van der Waals surface area contributed by atoms with E-state index in [0.717, 1.165) is 12.0 Å². The molecule has 6 heteroatoms. The molecule has 2 amide bonds. The minimum absolute atomic E-state index is 0.216. The Bertz CT molecular complexity index is 686. The number of pyridine rings is 2. The van der Waals surface area contributed by atoms with Gasteiger partial charge in [0.1, 0.15) is 0 Å². The quantitative estimate of drug-likeness (QED) is 0.817. The smallest absolute Gasteiger partial charge is 0.253 e. The molecule has 0 atom stereocenters. The number of carbonyl (C=O) groups is 2. The van der Waals surface area contributed by atoms with Gasteiger partial charge in [-0.25, -0.2) is 0 Å². The number of hydrogen-bond donors (Lipinski definition) is 2. The van der Waals surface area contributed by atoms with Crippen LogP contribution in [0.15, 0.2) is 43.0 Å². The Hall–Kier alpha value is -2.76. The summed E-state index contributed by atoms with van der Waals surface area (Å²) in [4.78, 5) is 32.2. The van der Waals surface area contributed by atoms with Crippen LogP contribution in [0.2, 0.25) is 0 Å². The lowest BCUT2D eigenvalue weighted by Gasteiger charge is -2.08. The van der Waals surface area contributed by atoms with Gasteiger partial charge in [0, 0.05) is 37.9 Å². The molecule has 0 bridgehead atoms. The van der Waals surface area contributed by atoms with Crippen LogP contribution in [0.25, 0.3) is 0 Å². The molecule has 2 aromatic rings. The Morgan fingerprint density at radius 1 is 1.00 bits per heavy atom. The molecule has 0 aliphatic heterocycles. The number of amides is 2. The highest BCUT2D eigenvalue weighted by Gasteiger charge is 2.11. The second-order valence-corrected chi connectivity index (χ2v) is 5.94. The zero-order valence-electron chi connectivity index (χ0n) is 14.0. The standard InChI is InChI=1S/C18H22N4O2/c1-13(2)3-8-21-17(23)15-9-16(12-20-11-15)18(24)22-10-14-4-6-19-7-5-14/h4-7,9,11-13H,3,8,10H2,1-2H3,(H,21,23)(H,22,24). The van der Waals surface area contributed by atoms with Gasteiger partial charge in [0.25, 0.3) is 11.8 Å². The van der Waals surface area contributed by atoms with Crippen molar-refractivity contribution in [1.82, 2.24) is 20.6 Å². The Kier molecular flexibility index (Phi) is 6.42. The maximum absolute atomic E-state index is 12.2. The minimum Gasteiger partial charge on any atom is -0.352 e. The first-order chi connectivity index (χ1) is 11.6. The van der Waals surface area contributed by atoms with E-state index in [2.05, 4.69) is 34.4 Å². The third-order valence-electron chi connectivity index (χ3n) is 3.47. The summed E-state index contributed by atoms with van der Waals surface area (Å²) >= 11 is 0. The Balaban J connectivity index is 1.93. The van der Waals surface area contributed by atoms with E-state index < -0.39 is 0 Å². The number of aromatic nitrogens is 2. The van der Waals surface area contributed by atoms with Gasteiger partial charge in [-0.1, -0.05) is 13.8 Å². The van der Waals surface area contributed by atoms with E-state index in [1.165, 1.54) is 12.4 Å².